The van der Waals surface area contributed by atoms with E-state index in [9.17, 15) is 4.79 Å². The molecule has 1 aromatic rings. The van der Waals surface area contributed by atoms with Gasteiger partial charge in [-0.25, -0.2) is 0 Å². The Kier molecular flexibility index (Phi) is 3.26. The van der Waals surface area contributed by atoms with Gasteiger partial charge in [0.05, 0.1) is 0 Å². The third-order valence-corrected chi connectivity index (χ3v) is 2.01. The molecule has 0 heterocycles. The Hall–Kier alpha value is -0.670. The molecular weight excluding hydrogens is 182 g/mol. The average Bonchev–Trinajstić information content (AvgIpc) is 2.04. The van der Waals surface area contributed by atoms with Crippen molar-refractivity contribution in [2.24, 2.45) is 0 Å². The van der Waals surface area contributed by atoms with Crippen molar-refractivity contribution in [1.82, 2.24) is 4.72 Å². The third-order valence-electron chi connectivity index (χ3n) is 1.04. The first-order chi connectivity index (χ1) is 5.33. The van der Waals surface area contributed by atoms with Crippen LogP contribution in [0.4, 0.5) is 0 Å². The zero-order chi connectivity index (χ0) is 8.10. The number of carbonyl (C=O) groups excluding carboxylic acids is 1. The highest BCUT2D eigenvalue weighted by Crippen LogP contribution is 2.16. The van der Waals surface area contributed by atoms with E-state index >= 15 is 0 Å². The van der Waals surface area contributed by atoms with E-state index in [1.165, 1.54) is 11.9 Å². The van der Waals surface area contributed by atoms with Gasteiger partial charge < -0.3 is 0 Å². The van der Waals surface area contributed by atoms with Crippen molar-refractivity contribution in [3.8, 4) is 0 Å². The second kappa shape index (κ2) is 4.26. The maximum absolute atomic E-state index is 9.89. The SMILES string of the molecule is O=CNSc1ccc(Cl)cc1. The standard InChI is InChI=1S/C7H6ClNOS/c8-6-1-3-7(4-2-6)11-9-5-10/h1-5H,(H,9,10). The van der Waals surface area contributed by atoms with Crippen molar-refractivity contribution in [2.75, 3.05) is 0 Å². The zero-order valence-corrected chi connectivity index (χ0v) is 7.15. The van der Waals surface area contributed by atoms with Crippen molar-refractivity contribution in [3.05, 3.63) is 29.3 Å². The van der Waals surface area contributed by atoms with E-state index in [0.29, 0.717) is 11.4 Å². The molecule has 1 aromatic carbocycles. The molecule has 0 atom stereocenters. The molecule has 58 valence electrons. The topological polar surface area (TPSA) is 29.1 Å². The van der Waals surface area contributed by atoms with E-state index in [1.54, 1.807) is 12.1 Å². The molecule has 0 aliphatic rings. The first-order valence-electron chi connectivity index (χ1n) is 2.94. The Bertz CT molecular complexity index is 237. The van der Waals surface area contributed by atoms with Crippen molar-refractivity contribution in [3.63, 3.8) is 0 Å². The molecule has 11 heavy (non-hydrogen) atoms. The summed E-state index contributed by atoms with van der Waals surface area (Å²) in [5.74, 6) is 0. The van der Waals surface area contributed by atoms with Gasteiger partial charge in [0, 0.05) is 9.92 Å². The van der Waals surface area contributed by atoms with Crippen LogP contribution in [0, 0.1) is 0 Å². The highest BCUT2D eigenvalue weighted by molar-refractivity contribution is 7.97. The summed E-state index contributed by atoms with van der Waals surface area (Å²) in [7, 11) is 0. The fourth-order valence-corrected chi connectivity index (χ4v) is 1.18. The van der Waals surface area contributed by atoms with Gasteiger partial charge in [-0.2, -0.15) is 0 Å². The third kappa shape index (κ3) is 2.82. The van der Waals surface area contributed by atoms with Crippen LogP contribution in [0.2, 0.25) is 5.02 Å². The predicted octanol–water partition coefficient (Wildman–Crippen LogP) is 2.09. The molecule has 1 N–H and O–H groups in total. The molecule has 2 nitrogen and oxygen atoms in total. The fraction of sp³-hybridized carbons (Fsp3) is 0. The summed E-state index contributed by atoms with van der Waals surface area (Å²) in [6.07, 6.45) is 0.638. The molecule has 0 bridgehead atoms. The minimum Gasteiger partial charge on any atom is -0.299 e. The van der Waals surface area contributed by atoms with E-state index in [0.717, 1.165) is 4.90 Å². The van der Waals surface area contributed by atoms with Crippen molar-refractivity contribution in [1.29, 1.82) is 0 Å². The number of hydrogen-bond donors (Lipinski definition) is 1. The van der Waals surface area contributed by atoms with Crippen molar-refractivity contribution < 1.29 is 4.79 Å². The maximum atomic E-state index is 9.89. The molecule has 1 amide bonds. The molecule has 0 aliphatic carbocycles. The van der Waals surface area contributed by atoms with E-state index in [4.69, 9.17) is 11.6 Å². The molecule has 1 rings (SSSR count). The zero-order valence-electron chi connectivity index (χ0n) is 5.58. The monoisotopic (exact) mass is 187 g/mol. The summed E-state index contributed by atoms with van der Waals surface area (Å²) in [6.45, 7) is 0. The number of rotatable bonds is 3. The summed E-state index contributed by atoms with van der Waals surface area (Å²) in [5.41, 5.74) is 0. The molecule has 0 fully saturated rings. The van der Waals surface area contributed by atoms with Crippen LogP contribution < -0.4 is 4.72 Å². The van der Waals surface area contributed by atoms with Crippen molar-refractivity contribution in [2.45, 2.75) is 4.90 Å². The van der Waals surface area contributed by atoms with Crippen LogP contribution in [-0.4, -0.2) is 6.41 Å². The van der Waals surface area contributed by atoms with Gasteiger partial charge in [-0.3, -0.25) is 9.52 Å². The Balaban J connectivity index is 2.58. The number of carbonyl (C=O) groups is 1. The Morgan fingerprint density at radius 1 is 1.36 bits per heavy atom. The van der Waals surface area contributed by atoms with E-state index in [1.807, 2.05) is 12.1 Å². The number of halogens is 1. The first kappa shape index (κ1) is 8.43. The van der Waals surface area contributed by atoms with Crippen LogP contribution in [0.25, 0.3) is 0 Å². The Morgan fingerprint density at radius 2 is 2.00 bits per heavy atom. The predicted molar refractivity (Wildman–Crippen MR) is 46.5 cm³/mol. The van der Waals surface area contributed by atoms with Crippen LogP contribution in [0.15, 0.2) is 29.2 Å². The quantitative estimate of drug-likeness (QED) is 0.580. The van der Waals surface area contributed by atoms with Gasteiger partial charge in [0.15, 0.2) is 0 Å². The summed E-state index contributed by atoms with van der Waals surface area (Å²) >= 11 is 6.90. The van der Waals surface area contributed by atoms with Crippen LogP contribution in [0.5, 0.6) is 0 Å². The van der Waals surface area contributed by atoms with Gasteiger partial charge >= 0.3 is 0 Å². The van der Waals surface area contributed by atoms with Gasteiger partial charge in [-0.1, -0.05) is 11.6 Å². The molecule has 0 spiro atoms. The van der Waals surface area contributed by atoms with Crippen molar-refractivity contribution >= 4 is 30.0 Å². The Labute approximate surface area is 74.1 Å². The molecule has 0 unspecified atom stereocenters. The highest BCUT2D eigenvalue weighted by Gasteiger charge is 1.90. The largest absolute Gasteiger partial charge is 0.299 e. The maximum Gasteiger partial charge on any atom is 0.217 e. The van der Waals surface area contributed by atoms with Gasteiger partial charge in [-0.05, 0) is 36.2 Å². The van der Waals surface area contributed by atoms with Crippen LogP contribution in [0.3, 0.4) is 0 Å². The lowest BCUT2D eigenvalue weighted by Gasteiger charge is -1.96. The van der Waals surface area contributed by atoms with Gasteiger partial charge in [0.25, 0.3) is 0 Å². The summed E-state index contributed by atoms with van der Waals surface area (Å²) in [6, 6.07) is 7.22. The molecule has 0 aliphatic heterocycles. The second-order valence-corrected chi connectivity index (χ2v) is 3.14. The number of hydrogen-bond acceptors (Lipinski definition) is 2. The van der Waals surface area contributed by atoms with Crippen LogP contribution >= 0.6 is 23.5 Å². The van der Waals surface area contributed by atoms with Gasteiger partial charge in [-0.15, -0.1) is 0 Å². The normalized spacial score (nSPS) is 9.18. The number of benzene rings is 1. The number of nitrogens with one attached hydrogen (secondary N) is 1. The average molecular weight is 188 g/mol. The molecular formula is C7H6ClNOS. The number of amides is 1. The minimum absolute atomic E-state index is 0.638. The lowest BCUT2D eigenvalue weighted by atomic mass is 10.4. The van der Waals surface area contributed by atoms with Crippen LogP contribution in [0.1, 0.15) is 0 Å². The molecule has 4 heteroatoms. The molecule has 0 radical (unpaired) electrons. The lowest BCUT2D eigenvalue weighted by molar-refractivity contribution is -0.107. The van der Waals surface area contributed by atoms with E-state index in [2.05, 4.69) is 4.72 Å². The smallest absolute Gasteiger partial charge is 0.217 e. The second-order valence-electron chi connectivity index (χ2n) is 1.79. The van der Waals surface area contributed by atoms with Gasteiger partial charge in [0.2, 0.25) is 6.41 Å². The summed E-state index contributed by atoms with van der Waals surface area (Å²) in [5, 5.41) is 0.695. The Morgan fingerprint density at radius 3 is 2.55 bits per heavy atom. The highest BCUT2D eigenvalue weighted by atomic mass is 35.5. The van der Waals surface area contributed by atoms with E-state index < -0.39 is 0 Å². The fourth-order valence-electron chi connectivity index (χ4n) is 0.595. The summed E-state index contributed by atoms with van der Waals surface area (Å²) in [4.78, 5) is 10.8. The molecule has 0 saturated carbocycles. The first-order valence-corrected chi connectivity index (χ1v) is 4.14. The summed E-state index contributed by atoms with van der Waals surface area (Å²) < 4.78 is 2.48. The van der Waals surface area contributed by atoms with E-state index in [-0.39, 0.29) is 0 Å². The minimum atomic E-state index is 0.638. The lowest BCUT2D eigenvalue weighted by Crippen LogP contribution is -1.96. The van der Waals surface area contributed by atoms with Crippen LogP contribution in [-0.2, 0) is 4.79 Å². The van der Waals surface area contributed by atoms with Gasteiger partial charge in [0.1, 0.15) is 0 Å². The molecule has 0 aromatic heterocycles. The molecule has 0 saturated heterocycles.